The van der Waals surface area contributed by atoms with E-state index in [0.29, 0.717) is 31.7 Å². The summed E-state index contributed by atoms with van der Waals surface area (Å²) in [5.74, 6) is -0.677. The van der Waals surface area contributed by atoms with Crippen LogP contribution in [-0.4, -0.2) is 42.3 Å². The maximum absolute atomic E-state index is 13.6. The van der Waals surface area contributed by atoms with Crippen molar-refractivity contribution in [1.29, 1.82) is 0 Å². The van der Waals surface area contributed by atoms with E-state index in [1.54, 1.807) is 18.2 Å². The Hall–Kier alpha value is -2.70. The van der Waals surface area contributed by atoms with Crippen molar-refractivity contribution in [3.05, 3.63) is 65.7 Å². The number of alkyl halides is 2. The molecule has 3 aromatic rings. The summed E-state index contributed by atoms with van der Waals surface area (Å²) in [6.45, 7) is 0.801. The molecule has 0 amide bonds. The number of nitrogens with one attached hydrogen (secondary N) is 1. The summed E-state index contributed by atoms with van der Waals surface area (Å²) in [5, 5.41) is 0.158. The Labute approximate surface area is 205 Å². The maximum Gasteiger partial charge on any atom is 0.263 e. The Balaban J connectivity index is 1.45. The minimum absolute atomic E-state index is 0.0265. The van der Waals surface area contributed by atoms with Crippen molar-refractivity contribution >= 4 is 26.7 Å². The highest BCUT2D eigenvalue weighted by Crippen LogP contribution is 2.46. The van der Waals surface area contributed by atoms with Gasteiger partial charge in [-0.25, -0.2) is 26.6 Å². The molecule has 1 N–H and O–H groups in total. The highest BCUT2D eigenvalue weighted by Gasteiger charge is 2.39. The van der Waals surface area contributed by atoms with E-state index in [1.807, 2.05) is 0 Å². The molecule has 5 rings (SSSR count). The summed E-state index contributed by atoms with van der Waals surface area (Å²) in [6, 6.07) is 10.2. The lowest BCUT2D eigenvalue weighted by atomic mass is 9.84. The van der Waals surface area contributed by atoms with E-state index >= 15 is 0 Å². The monoisotopic (exact) mass is 524 g/mol. The quantitative estimate of drug-likeness (QED) is 0.488. The van der Waals surface area contributed by atoms with Gasteiger partial charge in [-0.3, -0.25) is 9.62 Å². The number of fused-ring (bicyclic) bond motifs is 1. The lowest BCUT2D eigenvalue weighted by molar-refractivity contribution is -0.0134. The number of anilines is 1. The van der Waals surface area contributed by atoms with Gasteiger partial charge >= 0.3 is 0 Å². The normalized spacial score (nSPS) is 23.0. The first-order chi connectivity index (χ1) is 16.8. The zero-order valence-corrected chi connectivity index (χ0v) is 20.1. The van der Waals surface area contributed by atoms with Crippen LogP contribution in [0.5, 0.6) is 5.75 Å². The van der Waals surface area contributed by atoms with Crippen LogP contribution < -0.4 is 9.46 Å². The van der Waals surface area contributed by atoms with Crippen molar-refractivity contribution in [2.75, 3.05) is 17.9 Å². The number of likely N-dealkylation sites (tertiary alicyclic amines) is 1. The Morgan fingerprint density at radius 1 is 1.11 bits per heavy atom. The van der Waals surface area contributed by atoms with Gasteiger partial charge in [-0.05, 0) is 43.1 Å². The van der Waals surface area contributed by atoms with Gasteiger partial charge in [0, 0.05) is 47.6 Å². The van der Waals surface area contributed by atoms with Crippen molar-refractivity contribution in [1.82, 2.24) is 14.3 Å². The molecule has 0 saturated carbocycles. The smallest absolute Gasteiger partial charge is 0.263 e. The van der Waals surface area contributed by atoms with E-state index in [1.165, 1.54) is 30.6 Å². The molecule has 0 aliphatic carbocycles. The van der Waals surface area contributed by atoms with Crippen LogP contribution in [0.2, 0.25) is 0 Å². The second-order valence-corrected chi connectivity index (χ2v) is 11.1. The number of benzene rings is 2. The molecule has 1 fully saturated rings. The molecule has 186 valence electrons. The number of sulfonamides is 1. The second-order valence-electron chi connectivity index (χ2n) is 8.63. The summed E-state index contributed by atoms with van der Waals surface area (Å²) in [4.78, 5) is 6.05. The van der Waals surface area contributed by atoms with Crippen LogP contribution in [0.4, 0.5) is 18.3 Å². The largest absolute Gasteiger partial charge is 0.493 e. The molecule has 1 saturated heterocycles. The van der Waals surface area contributed by atoms with E-state index in [0.717, 1.165) is 22.7 Å². The molecule has 1 aromatic heterocycles. The Morgan fingerprint density at radius 2 is 1.91 bits per heavy atom. The van der Waals surface area contributed by atoms with Gasteiger partial charge in [-0.15, -0.1) is 0 Å². The molecule has 2 aliphatic heterocycles. The fourth-order valence-electron chi connectivity index (χ4n) is 4.88. The van der Waals surface area contributed by atoms with Crippen LogP contribution in [0.3, 0.4) is 0 Å². The summed E-state index contributed by atoms with van der Waals surface area (Å²) in [6.07, 6.45) is 0.0706. The molecule has 7 nitrogen and oxygen atoms in total. The standard InChI is InChI=1S/C23H23F3N4O3S2/c24-16-3-1-14(2-4-16)20-11-15(22(25)26)7-9-30(20)19-8-10-33-21-12-17(5-6-18(19)21)35(31,32)29-23-27-13-28-34-23/h1-6,12-13,15,19-20,22H,7-11H2,(H,27,28,29)/t15-,19-,20+/m1/s1. The topological polar surface area (TPSA) is 84.4 Å². The molecule has 2 aromatic carbocycles. The van der Waals surface area contributed by atoms with Crippen LogP contribution in [0.15, 0.2) is 53.7 Å². The number of ether oxygens (including phenoxy) is 1. The zero-order chi connectivity index (χ0) is 24.6. The third kappa shape index (κ3) is 5.00. The Kier molecular flexibility index (Phi) is 6.69. The lowest BCUT2D eigenvalue weighted by Crippen LogP contribution is -2.42. The lowest BCUT2D eigenvalue weighted by Gasteiger charge is -2.45. The van der Waals surface area contributed by atoms with E-state index in [2.05, 4.69) is 19.0 Å². The Bertz CT molecular complexity index is 1270. The molecule has 35 heavy (non-hydrogen) atoms. The predicted octanol–water partition coefficient (Wildman–Crippen LogP) is 5.02. The Morgan fingerprint density at radius 3 is 2.63 bits per heavy atom. The molecule has 0 bridgehead atoms. The summed E-state index contributed by atoms with van der Waals surface area (Å²) in [7, 11) is -3.89. The number of hydrogen-bond donors (Lipinski definition) is 1. The summed E-state index contributed by atoms with van der Waals surface area (Å²) >= 11 is 0.927. The van der Waals surface area contributed by atoms with Crippen LogP contribution in [-0.2, 0) is 10.0 Å². The molecular weight excluding hydrogens is 501 g/mol. The molecule has 0 radical (unpaired) electrons. The number of nitrogens with zero attached hydrogens (tertiary/aromatic N) is 3. The van der Waals surface area contributed by atoms with Gasteiger partial charge in [0.05, 0.1) is 11.5 Å². The molecule has 2 aliphatic rings. The van der Waals surface area contributed by atoms with Crippen molar-refractivity contribution in [3.63, 3.8) is 0 Å². The number of piperidine rings is 1. The first-order valence-corrected chi connectivity index (χ1v) is 13.4. The molecule has 3 heterocycles. The van der Waals surface area contributed by atoms with Crippen molar-refractivity contribution in [3.8, 4) is 5.75 Å². The second kappa shape index (κ2) is 9.75. The average molecular weight is 525 g/mol. The molecule has 3 atom stereocenters. The highest BCUT2D eigenvalue weighted by atomic mass is 32.2. The van der Waals surface area contributed by atoms with Gasteiger partial charge in [-0.2, -0.15) is 4.37 Å². The fraction of sp³-hybridized carbons (Fsp3) is 0.391. The van der Waals surface area contributed by atoms with Crippen molar-refractivity contribution in [2.45, 2.75) is 42.7 Å². The third-order valence-corrected chi connectivity index (χ3v) is 8.63. The average Bonchev–Trinajstić information content (AvgIpc) is 3.36. The molecular formula is C23H23F3N4O3S2. The summed E-state index contributed by atoms with van der Waals surface area (Å²) < 4.78 is 78.3. The van der Waals surface area contributed by atoms with E-state index < -0.39 is 22.4 Å². The van der Waals surface area contributed by atoms with Crippen molar-refractivity contribution in [2.24, 2.45) is 5.92 Å². The van der Waals surface area contributed by atoms with E-state index in [-0.39, 0.29) is 34.3 Å². The van der Waals surface area contributed by atoms with Gasteiger partial charge in [-0.1, -0.05) is 18.2 Å². The summed E-state index contributed by atoms with van der Waals surface area (Å²) in [5.41, 5.74) is 1.58. The molecule has 0 spiro atoms. The van der Waals surface area contributed by atoms with Gasteiger partial charge in [0.15, 0.2) is 0 Å². The van der Waals surface area contributed by atoms with Gasteiger partial charge in [0.1, 0.15) is 17.9 Å². The SMILES string of the molecule is O=S(=O)(Nc1ncns1)c1ccc2c(c1)OCC[C@H]2N1CC[C@@H](C(F)F)C[C@H]1c1ccc(F)cc1. The predicted molar refractivity (Wildman–Crippen MR) is 125 cm³/mol. The van der Waals surface area contributed by atoms with Crippen LogP contribution >= 0.6 is 11.5 Å². The minimum Gasteiger partial charge on any atom is -0.493 e. The third-order valence-electron chi connectivity index (χ3n) is 6.58. The van der Waals surface area contributed by atoms with Crippen LogP contribution in [0.1, 0.15) is 42.5 Å². The van der Waals surface area contributed by atoms with Gasteiger partial charge < -0.3 is 4.74 Å². The first-order valence-electron chi connectivity index (χ1n) is 11.2. The van der Waals surface area contributed by atoms with Crippen molar-refractivity contribution < 1.29 is 26.3 Å². The minimum atomic E-state index is -3.89. The van der Waals surface area contributed by atoms with Gasteiger partial charge in [0.25, 0.3) is 10.0 Å². The van der Waals surface area contributed by atoms with Crippen LogP contribution in [0, 0.1) is 11.7 Å². The number of rotatable bonds is 6. The fourth-order valence-corrected chi connectivity index (χ4v) is 6.56. The zero-order valence-electron chi connectivity index (χ0n) is 18.5. The van der Waals surface area contributed by atoms with Gasteiger partial charge in [0.2, 0.25) is 11.6 Å². The van der Waals surface area contributed by atoms with Crippen LogP contribution in [0.25, 0.3) is 0 Å². The number of hydrogen-bond acceptors (Lipinski definition) is 7. The maximum atomic E-state index is 13.6. The number of halogens is 3. The van der Waals surface area contributed by atoms with E-state index in [9.17, 15) is 21.6 Å². The number of aromatic nitrogens is 2. The first kappa shape index (κ1) is 24.0. The van der Waals surface area contributed by atoms with E-state index in [4.69, 9.17) is 4.74 Å². The highest BCUT2D eigenvalue weighted by molar-refractivity contribution is 7.93. The molecule has 12 heteroatoms. The molecule has 0 unspecified atom stereocenters.